The van der Waals surface area contributed by atoms with E-state index in [1.807, 2.05) is 84.9 Å². The Labute approximate surface area is 473 Å². The lowest BCUT2D eigenvalue weighted by atomic mass is 10.0. The topological polar surface area (TPSA) is 246 Å². The van der Waals surface area contributed by atoms with E-state index in [1.54, 1.807) is 47.5 Å². The third kappa shape index (κ3) is 13.2. The summed E-state index contributed by atoms with van der Waals surface area (Å²) in [6, 6.07) is 29.0. The van der Waals surface area contributed by atoms with Crippen molar-refractivity contribution in [3.8, 4) is 0 Å². The Morgan fingerprint density at radius 3 is 1.25 bits per heavy atom. The van der Waals surface area contributed by atoms with Gasteiger partial charge < -0.3 is 62.1 Å². The number of nitrogens with one attached hydrogen (secondary N) is 8. The van der Waals surface area contributed by atoms with Gasteiger partial charge in [0.15, 0.2) is 0 Å². The number of carbonyl (C=O) groups excluding carboxylic acids is 8. The Kier molecular flexibility index (Phi) is 17.3. The van der Waals surface area contributed by atoms with Gasteiger partial charge in [-0.3, -0.25) is 28.8 Å². The second-order valence-electron chi connectivity index (χ2n) is 22.8. The number of rotatable bonds is 16. The molecule has 0 radical (unpaired) electrons. The molecule has 4 heterocycles. The highest BCUT2D eigenvalue weighted by Crippen LogP contribution is 2.42. The largest absolute Gasteiger partial charge is 0.351 e. The maximum atomic E-state index is 14.5. The van der Waals surface area contributed by atoms with Gasteiger partial charge in [-0.1, -0.05) is 84.9 Å². The fourth-order valence-electron chi connectivity index (χ4n) is 12.2. The number of amides is 10. The molecule has 20 heteroatoms. The lowest BCUT2D eigenvalue weighted by Gasteiger charge is -2.39. The molecule has 4 aromatic carbocycles. The molecule has 81 heavy (non-hydrogen) atoms. The average molecular weight is 1110 g/mol. The van der Waals surface area contributed by atoms with Gasteiger partial charge in [0.2, 0.25) is 35.4 Å². The number of carbonyl (C=O) groups is 8. The number of hydrogen-bond acceptors (Lipinski definition) is 10. The first-order valence-electron chi connectivity index (χ1n) is 28.8. The van der Waals surface area contributed by atoms with E-state index >= 15 is 0 Å². The van der Waals surface area contributed by atoms with E-state index in [2.05, 4.69) is 66.8 Å². The first kappa shape index (κ1) is 56.4. The Morgan fingerprint density at radius 2 is 0.877 bits per heavy atom. The van der Waals surface area contributed by atoms with Crippen LogP contribution in [0.5, 0.6) is 0 Å². The van der Waals surface area contributed by atoms with Gasteiger partial charge >= 0.3 is 12.1 Å². The maximum Gasteiger partial charge on any atom is 0.321 e. The van der Waals surface area contributed by atoms with Gasteiger partial charge in [0, 0.05) is 60.5 Å². The van der Waals surface area contributed by atoms with E-state index < -0.39 is 60.1 Å². The van der Waals surface area contributed by atoms with E-state index in [0.717, 1.165) is 24.0 Å². The summed E-state index contributed by atoms with van der Waals surface area (Å²) in [7, 11) is 3.31. The minimum atomic E-state index is -1.08. The SMILES string of the molecule is CN[C@@H](C)C(=O)N[C@H]1CN(C(=O)Nc2ccc(Cc3ccc(NC(=O)N4CC[C@H]5CC[C@@H](C(=O)N[C@H]6C[C@@H]6c6ccccc6)N5C(=O)[C@H](NC(=O)[C@H](C)NC)C4)cc3)cc2)CC[C@H]2CC[C@@H](C(=O)N[C@H]3C[C@@H]3c3ccccc3)N2C1=O. The number of hydrogen-bond donors (Lipinski definition) is 8. The third-order valence-electron chi connectivity index (χ3n) is 17.4. The van der Waals surface area contributed by atoms with Crippen molar-refractivity contribution in [2.24, 2.45) is 0 Å². The normalized spacial score (nSPS) is 26.7. The second-order valence-corrected chi connectivity index (χ2v) is 22.8. The van der Waals surface area contributed by atoms with E-state index in [1.165, 1.54) is 11.1 Å². The van der Waals surface area contributed by atoms with Crippen LogP contribution in [0.1, 0.15) is 99.3 Å². The van der Waals surface area contributed by atoms with Crippen molar-refractivity contribution in [3.63, 3.8) is 0 Å². The number of nitrogens with zero attached hydrogens (tertiary/aromatic N) is 4. The van der Waals surface area contributed by atoms with Crippen molar-refractivity contribution in [3.05, 3.63) is 131 Å². The first-order valence-corrected chi connectivity index (χ1v) is 28.8. The van der Waals surface area contributed by atoms with E-state index in [0.29, 0.717) is 69.4 Å². The molecule has 4 saturated heterocycles. The molecule has 0 aromatic heterocycles. The van der Waals surface area contributed by atoms with E-state index in [9.17, 15) is 38.4 Å². The summed E-state index contributed by atoms with van der Waals surface area (Å²) in [5.74, 6) is -1.46. The molecule has 6 fully saturated rings. The van der Waals surface area contributed by atoms with Gasteiger partial charge in [-0.15, -0.1) is 0 Å². The molecule has 12 atom stereocenters. The van der Waals surface area contributed by atoms with Crippen LogP contribution >= 0.6 is 0 Å². The van der Waals surface area contributed by atoms with Crippen LogP contribution in [0.4, 0.5) is 21.0 Å². The van der Waals surface area contributed by atoms with Crippen LogP contribution in [-0.4, -0.2) is 168 Å². The Bertz CT molecular complexity index is 2750. The predicted molar refractivity (Wildman–Crippen MR) is 306 cm³/mol. The fraction of sp³-hybridized carbons (Fsp3) is 0.475. The number of benzene rings is 4. The molecule has 6 aliphatic rings. The second kappa shape index (κ2) is 24.9. The van der Waals surface area contributed by atoms with Gasteiger partial charge in [-0.25, -0.2) is 9.59 Å². The molecule has 2 aliphatic carbocycles. The molecular weight excluding hydrogens is 1030 g/mol. The number of likely N-dealkylation sites (N-methyl/N-ethyl adjacent to an activating group) is 2. The van der Waals surface area contributed by atoms with Crippen molar-refractivity contribution in [1.82, 2.24) is 51.5 Å². The Morgan fingerprint density at radius 1 is 0.494 bits per heavy atom. The van der Waals surface area contributed by atoms with Crippen LogP contribution in [0.2, 0.25) is 0 Å². The third-order valence-corrected chi connectivity index (χ3v) is 17.4. The summed E-state index contributed by atoms with van der Waals surface area (Å²) in [6.45, 7) is 3.83. The van der Waals surface area contributed by atoms with Gasteiger partial charge in [0.05, 0.1) is 25.2 Å². The number of urea groups is 2. The van der Waals surface area contributed by atoms with Crippen LogP contribution in [0.15, 0.2) is 109 Å². The van der Waals surface area contributed by atoms with Gasteiger partial charge in [-0.2, -0.15) is 0 Å². The number of fused-ring (bicyclic) bond motifs is 2. The van der Waals surface area contributed by atoms with Gasteiger partial charge in [0.1, 0.15) is 24.2 Å². The average Bonchev–Trinajstić information content (AvgIpc) is 4.46. The summed E-state index contributed by atoms with van der Waals surface area (Å²) < 4.78 is 0. The standard InChI is InChI=1S/C61H76N12O8/c1-36(62-3)54(74)68-50-34-70(29-27-44-23-25-52(72(44)58(50)78)56(76)66-48-32-46(48)40-11-7-5-8-12-40)60(80)64-42-19-15-38(16-20-42)31-39-17-21-43(22-18-39)65-61(81)71-30-28-45-24-26-53(57(77)67-49-33-47(49)41-13-9-6-10-14-41)73(45)59(79)51(35-71)69-55(75)37(2)63-4/h5-22,36-37,44-53,62-63H,23-35H2,1-4H3,(H,64,80)(H,65,81)(H,66,76)(H,67,77)(H,68,74)(H,69,75)/t36-,37-,44+,45+,46+,47+,48-,49-,50-,51+,52-,53-/m0/s1. The predicted octanol–water partition coefficient (Wildman–Crippen LogP) is 4.00. The zero-order valence-electron chi connectivity index (χ0n) is 46.6. The highest BCUT2D eigenvalue weighted by atomic mass is 16.2. The van der Waals surface area contributed by atoms with Crippen LogP contribution in [-0.2, 0) is 35.2 Å². The zero-order chi connectivity index (χ0) is 56.9. The van der Waals surface area contributed by atoms with Crippen LogP contribution in [0.3, 0.4) is 0 Å². The molecule has 428 valence electrons. The summed E-state index contributed by atoms with van der Waals surface area (Å²) >= 11 is 0. The van der Waals surface area contributed by atoms with E-state index in [4.69, 9.17) is 0 Å². The monoisotopic (exact) mass is 1100 g/mol. The lowest BCUT2D eigenvalue weighted by molar-refractivity contribution is -0.144. The zero-order valence-corrected chi connectivity index (χ0v) is 46.6. The van der Waals surface area contributed by atoms with Crippen molar-refractivity contribution in [2.75, 3.05) is 50.9 Å². The number of anilines is 2. The highest BCUT2D eigenvalue weighted by Gasteiger charge is 2.50. The summed E-state index contributed by atoms with van der Waals surface area (Å²) in [4.78, 5) is 118. The van der Waals surface area contributed by atoms with Gasteiger partial charge in [0.25, 0.3) is 0 Å². The molecule has 8 N–H and O–H groups in total. The summed E-state index contributed by atoms with van der Waals surface area (Å²) in [5.41, 5.74) is 5.38. The molecular formula is C61H76N12O8. The summed E-state index contributed by atoms with van der Waals surface area (Å²) in [6.07, 6.45) is 5.36. The molecule has 4 aromatic rings. The fourth-order valence-corrected chi connectivity index (χ4v) is 12.2. The van der Waals surface area contributed by atoms with Crippen molar-refractivity contribution in [2.45, 2.75) is 144 Å². The first-order chi connectivity index (χ1) is 39.2. The minimum absolute atomic E-state index is 0.0000115. The quantitative estimate of drug-likeness (QED) is 0.0802. The molecule has 2 saturated carbocycles. The van der Waals surface area contributed by atoms with Crippen LogP contribution < -0.4 is 42.5 Å². The smallest absolute Gasteiger partial charge is 0.321 e. The van der Waals surface area contributed by atoms with Crippen molar-refractivity contribution >= 4 is 58.9 Å². The minimum Gasteiger partial charge on any atom is -0.351 e. The van der Waals surface area contributed by atoms with Crippen molar-refractivity contribution in [1.29, 1.82) is 0 Å². The summed E-state index contributed by atoms with van der Waals surface area (Å²) in [5, 5.41) is 23.9. The Hall–Kier alpha value is -7.84. The molecule has 0 unspecified atom stereocenters. The van der Waals surface area contributed by atoms with E-state index in [-0.39, 0.29) is 72.7 Å². The molecule has 10 rings (SSSR count). The lowest BCUT2D eigenvalue weighted by Crippen LogP contribution is -2.62. The molecule has 0 spiro atoms. The Balaban J connectivity index is 0.731. The van der Waals surface area contributed by atoms with Crippen LogP contribution in [0.25, 0.3) is 0 Å². The molecule has 20 nitrogen and oxygen atoms in total. The molecule has 10 amide bonds. The van der Waals surface area contributed by atoms with Crippen LogP contribution in [0, 0.1) is 0 Å². The maximum absolute atomic E-state index is 14.5. The van der Waals surface area contributed by atoms with Crippen molar-refractivity contribution < 1.29 is 38.4 Å². The molecule has 0 bridgehead atoms. The highest BCUT2D eigenvalue weighted by molar-refractivity contribution is 5.97. The van der Waals surface area contributed by atoms with Gasteiger partial charge in [-0.05, 0) is 132 Å². The molecule has 4 aliphatic heterocycles.